The first-order chi connectivity index (χ1) is 10.1. The fourth-order valence-corrected chi connectivity index (χ4v) is 4.16. The summed E-state index contributed by atoms with van der Waals surface area (Å²) in [4.78, 5) is 12.6. The van der Waals surface area contributed by atoms with E-state index >= 15 is 0 Å². The Morgan fingerprint density at radius 1 is 1.29 bits per heavy atom. The normalized spacial score (nSPS) is 31.8. The number of rotatable bonds is 2. The molecule has 21 heavy (non-hydrogen) atoms. The molecule has 3 N–H and O–H groups in total. The Morgan fingerprint density at radius 3 is 2.62 bits per heavy atom. The van der Waals surface area contributed by atoms with Crippen molar-refractivity contribution in [2.45, 2.75) is 45.1 Å². The number of nitrogens with two attached hydrogens (primary N) is 1. The molecule has 0 aromatic heterocycles. The van der Waals surface area contributed by atoms with Crippen molar-refractivity contribution in [3.63, 3.8) is 0 Å². The Bertz CT molecular complexity index is 532. The number of carbonyl (C=O) groups is 1. The Balaban J connectivity index is 1.70. The zero-order valence-corrected chi connectivity index (χ0v) is 13.2. The summed E-state index contributed by atoms with van der Waals surface area (Å²) in [6, 6.07) is 5.93. The van der Waals surface area contributed by atoms with Crippen LogP contribution in [-0.2, 0) is 4.79 Å². The predicted molar refractivity (Wildman–Crippen MR) is 86.3 cm³/mol. The predicted octanol–water partition coefficient (Wildman–Crippen LogP) is 3.74. The molecule has 2 unspecified atom stereocenters. The van der Waals surface area contributed by atoms with Gasteiger partial charge in [0, 0.05) is 22.7 Å². The number of hydrogen-bond acceptors (Lipinski definition) is 2. The molecule has 2 aliphatic rings. The van der Waals surface area contributed by atoms with E-state index in [9.17, 15) is 4.79 Å². The van der Waals surface area contributed by atoms with Crippen LogP contribution in [0.15, 0.2) is 18.2 Å². The molecule has 2 saturated carbocycles. The van der Waals surface area contributed by atoms with Crippen molar-refractivity contribution in [3.8, 4) is 0 Å². The summed E-state index contributed by atoms with van der Waals surface area (Å²) in [5.74, 6) is 1.27. The Labute approximate surface area is 131 Å². The van der Waals surface area contributed by atoms with E-state index in [4.69, 9.17) is 17.3 Å². The topological polar surface area (TPSA) is 55.1 Å². The van der Waals surface area contributed by atoms with E-state index in [1.54, 1.807) is 0 Å². The molecule has 1 aromatic rings. The lowest BCUT2D eigenvalue weighted by Gasteiger charge is -2.43. The fourth-order valence-electron chi connectivity index (χ4n) is 3.98. The van der Waals surface area contributed by atoms with E-state index in [1.807, 2.05) is 25.1 Å². The largest absolute Gasteiger partial charge is 0.327 e. The van der Waals surface area contributed by atoms with Crippen LogP contribution in [0.1, 0.15) is 37.7 Å². The minimum Gasteiger partial charge on any atom is -0.327 e. The lowest BCUT2D eigenvalue weighted by Crippen LogP contribution is -2.48. The van der Waals surface area contributed by atoms with Gasteiger partial charge in [-0.15, -0.1) is 0 Å². The fraction of sp³-hybridized carbons (Fsp3) is 0.588. The second-order valence-electron chi connectivity index (χ2n) is 6.60. The number of amides is 1. The van der Waals surface area contributed by atoms with Crippen molar-refractivity contribution in [3.05, 3.63) is 28.8 Å². The highest BCUT2D eigenvalue weighted by Gasteiger charge is 2.40. The van der Waals surface area contributed by atoms with Gasteiger partial charge in [-0.05, 0) is 62.1 Å². The molecular weight excluding hydrogens is 284 g/mol. The van der Waals surface area contributed by atoms with Gasteiger partial charge in [0.15, 0.2) is 0 Å². The van der Waals surface area contributed by atoms with Crippen LogP contribution in [0.5, 0.6) is 0 Å². The third-order valence-corrected chi connectivity index (χ3v) is 5.72. The summed E-state index contributed by atoms with van der Waals surface area (Å²) in [6.45, 7) is 1.93. The van der Waals surface area contributed by atoms with E-state index in [-0.39, 0.29) is 11.8 Å². The molecule has 2 atom stereocenters. The van der Waals surface area contributed by atoms with Crippen LogP contribution in [0.2, 0.25) is 5.02 Å². The van der Waals surface area contributed by atoms with Gasteiger partial charge in [-0.3, -0.25) is 4.79 Å². The number of halogens is 1. The van der Waals surface area contributed by atoms with Crippen LogP contribution in [-0.4, -0.2) is 11.9 Å². The zero-order valence-electron chi connectivity index (χ0n) is 12.4. The first kappa shape index (κ1) is 14.9. The monoisotopic (exact) mass is 306 g/mol. The van der Waals surface area contributed by atoms with Crippen molar-refractivity contribution < 1.29 is 4.79 Å². The Morgan fingerprint density at radius 2 is 1.95 bits per heavy atom. The average Bonchev–Trinajstić information content (AvgIpc) is 2.43. The summed E-state index contributed by atoms with van der Waals surface area (Å²) >= 11 is 6.11. The molecule has 2 aliphatic carbocycles. The third-order valence-electron chi connectivity index (χ3n) is 5.31. The van der Waals surface area contributed by atoms with Crippen molar-refractivity contribution in [2.75, 3.05) is 5.32 Å². The molecule has 0 saturated heterocycles. The molecule has 0 radical (unpaired) electrons. The van der Waals surface area contributed by atoms with Crippen molar-refractivity contribution in [1.29, 1.82) is 0 Å². The third kappa shape index (κ3) is 2.95. The summed E-state index contributed by atoms with van der Waals surface area (Å²) in [7, 11) is 0. The van der Waals surface area contributed by atoms with Gasteiger partial charge >= 0.3 is 0 Å². The smallest absolute Gasteiger partial charge is 0.227 e. The standard InChI is InChI=1S/C17H23ClN2O/c1-10-14(18)6-3-7-15(10)20-17(21)13-8-11-4-2-5-12(9-13)16(11)19/h3,6-7,11-13,16H,2,4-5,8-9,19H2,1H3,(H,20,21). The average molecular weight is 307 g/mol. The van der Waals surface area contributed by atoms with E-state index in [0.717, 1.165) is 24.1 Å². The van der Waals surface area contributed by atoms with Crippen molar-refractivity contribution in [2.24, 2.45) is 23.5 Å². The Kier molecular flexibility index (Phi) is 4.23. The Hall–Kier alpha value is -1.06. The van der Waals surface area contributed by atoms with Crippen LogP contribution in [0.4, 0.5) is 5.69 Å². The number of benzene rings is 1. The highest BCUT2D eigenvalue weighted by Crippen LogP contribution is 2.42. The van der Waals surface area contributed by atoms with Gasteiger partial charge in [-0.1, -0.05) is 24.1 Å². The summed E-state index contributed by atoms with van der Waals surface area (Å²) in [5.41, 5.74) is 8.05. The molecule has 0 heterocycles. The number of hydrogen-bond donors (Lipinski definition) is 2. The van der Waals surface area contributed by atoms with Gasteiger partial charge < -0.3 is 11.1 Å². The summed E-state index contributed by atoms with van der Waals surface area (Å²) in [6.07, 6.45) is 5.49. The van der Waals surface area contributed by atoms with Gasteiger partial charge in [0.05, 0.1) is 0 Å². The highest BCUT2D eigenvalue weighted by molar-refractivity contribution is 6.31. The maximum Gasteiger partial charge on any atom is 0.227 e. The summed E-state index contributed by atoms with van der Waals surface area (Å²) in [5, 5.41) is 3.75. The molecular formula is C17H23ClN2O. The molecule has 2 fully saturated rings. The zero-order chi connectivity index (χ0) is 15.0. The molecule has 1 aromatic carbocycles. The number of anilines is 1. The molecule has 0 aliphatic heterocycles. The van der Waals surface area contributed by atoms with Crippen LogP contribution < -0.4 is 11.1 Å². The second-order valence-corrected chi connectivity index (χ2v) is 7.01. The molecule has 114 valence electrons. The minimum absolute atomic E-state index is 0.0958. The SMILES string of the molecule is Cc1c(Cl)cccc1NC(=O)C1CC2CCCC(C1)C2N. The first-order valence-corrected chi connectivity index (χ1v) is 8.25. The van der Waals surface area contributed by atoms with E-state index in [1.165, 1.54) is 19.3 Å². The van der Waals surface area contributed by atoms with Crippen LogP contribution in [0.25, 0.3) is 0 Å². The molecule has 2 bridgehead atoms. The second kappa shape index (κ2) is 5.98. The first-order valence-electron chi connectivity index (χ1n) is 7.88. The lowest BCUT2D eigenvalue weighted by atomic mass is 9.65. The van der Waals surface area contributed by atoms with E-state index < -0.39 is 0 Å². The minimum atomic E-state index is 0.0958. The molecule has 1 amide bonds. The van der Waals surface area contributed by atoms with Gasteiger partial charge in [0.1, 0.15) is 0 Å². The molecule has 4 heteroatoms. The van der Waals surface area contributed by atoms with Gasteiger partial charge in [-0.2, -0.15) is 0 Å². The highest BCUT2D eigenvalue weighted by atomic mass is 35.5. The lowest BCUT2D eigenvalue weighted by molar-refractivity contribution is -0.122. The van der Waals surface area contributed by atoms with Gasteiger partial charge in [0.25, 0.3) is 0 Å². The number of nitrogens with one attached hydrogen (secondary N) is 1. The maximum absolute atomic E-state index is 12.6. The van der Waals surface area contributed by atoms with Crippen molar-refractivity contribution >= 4 is 23.2 Å². The van der Waals surface area contributed by atoms with E-state index in [2.05, 4.69) is 5.32 Å². The maximum atomic E-state index is 12.6. The molecule has 3 rings (SSSR count). The molecule has 3 nitrogen and oxygen atoms in total. The molecule has 0 spiro atoms. The van der Waals surface area contributed by atoms with Gasteiger partial charge in [-0.25, -0.2) is 0 Å². The van der Waals surface area contributed by atoms with Crippen LogP contribution in [0.3, 0.4) is 0 Å². The number of carbonyl (C=O) groups excluding carboxylic acids is 1. The quantitative estimate of drug-likeness (QED) is 0.874. The van der Waals surface area contributed by atoms with Crippen LogP contribution >= 0.6 is 11.6 Å². The number of fused-ring (bicyclic) bond motifs is 2. The van der Waals surface area contributed by atoms with Crippen molar-refractivity contribution in [1.82, 2.24) is 0 Å². The van der Waals surface area contributed by atoms with Gasteiger partial charge in [0.2, 0.25) is 5.91 Å². The van der Waals surface area contributed by atoms with Crippen LogP contribution in [0, 0.1) is 24.7 Å². The summed E-state index contributed by atoms with van der Waals surface area (Å²) < 4.78 is 0. The van der Waals surface area contributed by atoms with E-state index in [0.29, 0.717) is 22.9 Å².